The summed E-state index contributed by atoms with van der Waals surface area (Å²) in [6.45, 7) is 4.40. The molecule has 0 spiro atoms. The molecule has 0 saturated heterocycles. The molecular formula is C12H24N2O2. The van der Waals surface area contributed by atoms with Crippen LogP contribution in [0.3, 0.4) is 0 Å². The largest absolute Gasteiger partial charge is 0.383 e. The van der Waals surface area contributed by atoms with Gasteiger partial charge in [0, 0.05) is 19.2 Å². The van der Waals surface area contributed by atoms with Gasteiger partial charge in [0.2, 0.25) is 5.91 Å². The highest BCUT2D eigenvalue weighted by Crippen LogP contribution is 2.25. The maximum atomic E-state index is 12.2. The van der Waals surface area contributed by atoms with Crippen LogP contribution in [0.4, 0.5) is 0 Å². The molecule has 2 N–H and O–H groups in total. The van der Waals surface area contributed by atoms with Crippen LogP contribution < -0.4 is 5.73 Å². The van der Waals surface area contributed by atoms with E-state index in [1.807, 2.05) is 4.90 Å². The predicted octanol–water partition coefficient (Wildman–Crippen LogP) is 1.14. The summed E-state index contributed by atoms with van der Waals surface area (Å²) < 4.78 is 4.94. The number of methoxy groups -OCH3 is 1. The number of ether oxygens (including phenoxy) is 1. The van der Waals surface area contributed by atoms with Crippen molar-refractivity contribution >= 4 is 5.91 Å². The Bertz CT molecular complexity index is 225. The first-order chi connectivity index (χ1) is 7.57. The molecule has 1 rings (SSSR count). The van der Waals surface area contributed by atoms with E-state index in [1.165, 1.54) is 12.8 Å². The summed E-state index contributed by atoms with van der Waals surface area (Å²) in [6.07, 6.45) is 4.68. The molecule has 0 bridgehead atoms. The van der Waals surface area contributed by atoms with Crippen LogP contribution in [0, 0.1) is 0 Å². The van der Waals surface area contributed by atoms with Gasteiger partial charge in [-0.3, -0.25) is 4.79 Å². The molecule has 0 aromatic carbocycles. The fourth-order valence-electron chi connectivity index (χ4n) is 2.48. The van der Waals surface area contributed by atoms with E-state index < -0.39 is 6.04 Å². The summed E-state index contributed by atoms with van der Waals surface area (Å²) >= 11 is 0. The number of hydrogen-bond donors (Lipinski definition) is 1. The van der Waals surface area contributed by atoms with Crippen molar-refractivity contribution < 1.29 is 9.53 Å². The van der Waals surface area contributed by atoms with Crippen molar-refractivity contribution in [3.63, 3.8) is 0 Å². The zero-order valence-electron chi connectivity index (χ0n) is 10.6. The topological polar surface area (TPSA) is 55.6 Å². The monoisotopic (exact) mass is 228 g/mol. The van der Waals surface area contributed by atoms with E-state index in [9.17, 15) is 4.79 Å². The highest BCUT2D eigenvalue weighted by molar-refractivity contribution is 5.82. The molecule has 1 atom stereocenters. The summed E-state index contributed by atoms with van der Waals surface area (Å²) in [5, 5.41) is 0. The van der Waals surface area contributed by atoms with Gasteiger partial charge in [-0.25, -0.2) is 0 Å². The smallest absolute Gasteiger partial charge is 0.242 e. The van der Waals surface area contributed by atoms with E-state index in [0.29, 0.717) is 12.6 Å². The Morgan fingerprint density at radius 1 is 1.44 bits per heavy atom. The van der Waals surface area contributed by atoms with E-state index in [1.54, 1.807) is 7.11 Å². The van der Waals surface area contributed by atoms with Gasteiger partial charge >= 0.3 is 0 Å². The van der Waals surface area contributed by atoms with Crippen molar-refractivity contribution in [1.82, 2.24) is 4.90 Å². The molecule has 1 unspecified atom stereocenters. The van der Waals surface area contributed by atoms with E-state index >= 15 is 0 Å². The molecule has 94 valence electrons. The lowest BCUT2D eigenvalue weighted by Gasteiger charge is -2.34. The Morgan fingerprint density at radius 3 is 2.44 bits per heavy atom. The van der Waals surface area contributed by atoms with Crippen molar-refractivity contribution in [3.05, 3.63) is 0 Å². The molecule has 0 heterocycles. The minimum atomic E-state index is -0.520. The number of rotatable bonds is 5. The Labute approximate surface area is 98.1 Å². The Balaban J connectivity index is 2.65. The van der Waals surface area contributed by atoms with E-state index in [2.05, 4.69) is 13.8 Å². The number of nitrogens with zero attached hydrogens (tertiary/aromatic N) is 1. The Morgan fingerprint density at radius 2 is 2.00 bits per heavy atom. The first-order valence-corrected chi connectivity index (χ1v) is 6.14. The second-order valence-electron chi connectivity index (χ2n) is 4.84. The quantitative estimate of drug-likeness (QED) is 0.767. The first-order valence-electron chi connectivity index (χ1n) is 6.14. The number of carbonyl (C=O) groups excluding carboxylic acids is 1. The van der Waals surface area contributed by atoms with Crippen molar-refractivity contribution in [1.29, 1.82) is 0 Å². The zero-order valence-corrected chi connectivity index (χ0v) is 10.6. The van der Waals surface area contributed by atoms with E-state index in [4.69, 9.17) is 10.5 Å². The lowest BCUT2D eigenvalue weighted by molar-refractivity contribution is -0.138. The molecule has 0 aromatic heterocycles. The lowest BCUT2D eigenvalue weighted by Crippen LogP contribution is -2.52. The zero-order chi connectivity index (χ0) is 12.1. The molecule has 1 amide bonds. The van der Waals surface area contributed by atoms with Crippen molar-refractivity contribution in [2.45, 2.75) is 57.7 Å². The van der Waals surface area contributed by atoms with Crippen LogP contribution >= 0.6 is 0 Å². The fourth-order valence-corrected chi connectivity index (χ4v) is 2.48. The summed E-state index contributed by atoms with van der Waals surface area (Å²) in [5.41, 5.74) is 5.82. The fraction of sp³-hybridized carbons (Fsp3) is 0.917. The molecule has 4 heteroatoms. The third kappa shape index (κ3) is 3.19. The van der Waals surface area contributed by atoms with Crippen LogP contribution in [0.5, 0.6) is 0 Å². The van der Waals surface area contributed by atoms with Gasteiger partial charge < -0.3 is 15.4 Å². The van der Waals surface area contributed by atoms with Crippen LogP contribution in [0.25, 0.3) is 0 Å². The van der Waals surface area contributed by atoms with Crippen LogP contribution in [0.2, 0.25) is 0 Å². The van der Waals surface area contributed by atoms with Gasteiger partial charge in [-0.05, 0) is 26.7 Å². The Kier molecular flexibility index (Phi) is 5.22. The second kappa shape index (κ2) is 6.21. The maximum Gasteiger partial charge on any atom is 0.242 e. The van der Waals surface area contributed by atoms with E-state index in [0.717, 1.165) is 12.8 Å². The van der Waals surface area contributed by atoms with Crippen molar-refractivity contribution in [2.24, 2.45) is 5.73 Å². The van der Waals surface area contributed by atoms with Crippen LogP contribution in [0.1, 0.15) is 39.5 Å². The SMILES string of the molecule is COCC(N)C(=O)N(C(C)C)C1CCCC1. The third-order valence-electron chi connectivity index (χ3n) is 3.19. The second-order valence-corrected chi connectivity index (χ2v) is 4.84. The summed E-state index contributed by atoms with van der Waals surface area (Å²) in [4.78, 5) is 14.1. The van der Waals surface area contributed by atoms with Gasteiger partial charge in [-0.1, -0.05) is 12.8 Å². The lowest BCUT2D eigenvalue weighted by atomic mass is 10.1. The Hall–Kier alpha value is -0.610. The molecule has 16 heavy (non-hydrogen) atoms. The first kappa shape index (κ1) is 13.5. The van der Waals surface area contributed by atoms with E-state index in [-0.39, 0.29) is 11.9 Å². The molecule has 1 fully saturated rings. The van der Waals surface area contributed by atoms with Gasteiger partial charge in [-0.2, -0.15) is 0 Å². The number of nitrogens with two attached hydrogens (primary N) is 1. The van der Waals surface area contributed by atoms with Crippen molar-refractivity contribution in [3.8, 4) is 0 Å². The molecular weight excluding hydrogens is 204 g/mol. The normalized spacial score (nSPS) is 19.1. The van der Waals surface area contributed by atoms with Crippen LogP contribution in [-0.4, -0.2) is 42.6 Å². The molecule has 0 aromatic rings. The maximum absolute atomic E-state index is 12.2. The molecule has 0 aliphatic heterocycles. The highest BCUT2D eigenvalue weighted by atomic mass is 16.5. The summed E-state index contributed by atoms with van der Waals surface area (Å²) in [5.74, 6) is 0.0313. The van der Waals surface area contributed by atoms with Gasteiger partial charge in [-0.15, -0.1) is 0 Å². The van der Waals surface area contributed by atoms with Gasteiger partial charge in [0.1, 0.15) is 6.04 Å². The third-order valence-corrected chi connectivity index (χ3v) is 3.19. The van der Waals surface area contributed by atoms with Crippen LogP contribution in [0.15, 0.2) is 0 Å². The average molecular weight is 228 g/mol. The highest BCUT2D eigenvalue weighted by Gasteiger charge is 2.31. The minimum Gasteiger partial charge on any atom is -0.383 e. The minimum absolute atomic E-state index is 0.0313. The predicted molar refractivity (Wildman–Crippen MR) is 64.1 cm³/mol. The van der Waals surface area contributed by atoms with Gasteiger partial charge in [0.25, 0.3) is 0 Å². The average Bonchev–Trinajstić information content (AvgIpc) is 2.71. The van der Waals surface area contributed by atoms with Crippen LogP contribution in [-0.2, 0) is 9.53 Å². The summed E-state index contributed by atoms with van der Waals surface area (Å²) in [6, 6.07) is 0.0851. The molecule has 1 saturated carbocycles. The molecule has 0 radical (unpaired) electrons. The molecule has 1 aliphatic rings. The number of amides is 1. The molecule has 1 aliphatic carbocycles. The van der Waals surface area contributed by atoms with Gasteiger partial charge in [0.05, 0.1) is 6.61 Å². The number of hydrogen-bond acceptors (Lipinski definition) is 3. The van der Waals surface area contributed by atoms with Crippen molar-refractivity contribution in [2.75, 3.05) is 13.7 Å². The summed E-state index contributed by atoms with van der Waals surface area (Å²) in [7, 11) is 1.57. The number of carbonyl (C=O) groups is 1. The molecule has 4 nitrogen and oxygen atoms in total. The standard InChI is InChI=1S/C12H24N2O2/c1-9(2)14(10-6-4-5-7-10)12(15)11(13)8-16-3/h9-11H,4-8,13H2,1-3H3. The van der Waals surface area contributed by atoms with Gasteiger partial charge in [0.15, 0.2) is 0 Å².